The van der Waals surface area contributed by atoms with E-state index in [1.54, 1.807) is 19.5 Å². The van der Waals surface area contributed by atoms with Gasteiger partial charge in [-0.3, -0.25) is 4.90 Å². The molecule has 0 radical (unpaired) electrons. The number of oxazole rings is 1. The zero-order valence-corrected chi connectivity index (χ0v) is 14.5. The molecule has 0 unspecified atom stereocenters. The minimum Gasteiger partial charge on any atom is -0.439 e. The molecular formula is C17H18ClN5O2. The van der Waals surface area contributed by atoms with Crippen molar-refractivity contribution in [3.05, 3.63) is 53.3 Å². The fraction of sp³-hybridized carbons (Fsp3) is 0.353. The third-order valence-corrected chi connectivity index (χ3v) is 4.71. The first kappa shape index (κ1) is 16.3. The first-order chi connectivity index (χ1) is 12.2. The standard InChI is InChI=1S/C17H18ClN5O2/c1-24-16-9-23(8-13(16)14-6-20-22-21-14)10-17-19-7-15(25-17)11-3-2-4-12(18)5-11/h2-7,13,16H,8-10H2,1H3,(H,20,21,22)/t13-,16+/m0/s1. The summed E-state index contributed by atoms with van der Waals surface area (Å²) in [5.41, 5.74) is 1.84. The van der Waals surface area contributed by atoms with E-state index in [9.17, 15) is 0 Å². The van der Waals surface area contributed by atoms with Gasteiger partial charge in [-0.05, 0) is 12.1 Å². The van der Waals surface area contributed by atoms with Gasteiger partial charge < -0.3 is 9.15 Å². The van der Waals surface area contributed by atoms with Crippen molar-refractivity contribution >= 4 is 11.6 Å². The van der Waals surface area contributed by atoms with Gasteiger partial charge in [0.05, 0.1) is 30.7 Å². The maximum atomic E-state index is 6.04. The van der Waals surface area contributed by atoms with Crippen molar-refractivity contribution in [2.75, 3.05) is 20.2 Å². The normalized spacial score (nSPS) is 21.0. The Balaban J connectivity index is 1.46. The first-order valence-corrected chi connectivity index (χ1v) is 8.42. The van der Waals surface area contributed by atoms with E-state index in [0.29, 0.717) is 23.2 Å². The minimum atomic E-state index is 0.0764. The molecule has 2 atom stereocenters. The molecule has 1 aliphatic heterocycles. The van der Waals surface area contributed by atoms with Gasteiger partial charge in [-0.2, -0.15) is 15.4 Å². The molecule has 7 nitrogen and oxygen atoms in total. The van der Waals surface area contributed by atoms with Crippen molar-refractivity contribution in [2.45, 2.75) is 18.6 Å². The highest BCUT2D eigenvalue weighted by atomic mass is 35.5. The molecule has 0 spiro atoms. The molecule has 8 heteroatoms. The lowest BCUT2D eigenvalue weighted by Crippen LogP contribution is -2.22. The van der Waals surface area contributed by atoms with Crippen molar-refractivity contribution in [1.29, 1.82) is 0 Å². The molecule has 130 valence electrons. The van der Waals surface area contributed by atoms with Gasteiger partial charge in [-0.1, -0.05) is 23.7 Å². The topological polar surface area (TPSA) is 80.1 Å². The van der Waals surface area contributed by atoms with Crippen molar-refractivity contribution < 1.29 is 9.15 Å². The molecular weight excluding hydrogens is 342 g/mol. The fourth-order valence-corrected chi connectivity index (χ4v) is 3.43. The van der Waals surface area contributed by atoms with Gasteiger partial charge in [-0.25, -0.2) is 4.98 Å². The lowest BCUT2D eigenvalue weighted by Gasteiger charge is -2.13. The van der Waals surface area contributed by atoms with Gasteiger partial charge in [-0.15, -0.1) is 0 Å². The Kier molecular flexibility index (Phi) is 4.52. The van der Waals surface area contributed by atoms with E-state index < -0.39 is 0 Å². The molecule has 25 heavy (non-hydrogen) atoms. The van der Waals surface area contributed by atoms with Crippen LogP contribution in [0.25, 0.3) is 11.3 Å². The highest BCUT2D eigenvalue weighted by Gasteiger charge is 2.36. The van der Waals surface area contributed by atoms with Crippen LogP contribution in [0.15, 0.2) is 41.1 Å². The van der Waals surface area contributed by atoms with Gasteiger partial charge in [0.15, 0.2) is 5.76 Å². The number of hydrogen-bond donors (Lipinski definition) is 1. The number of rotatable bonds is 5. The van der Waals surface area contributed by atoms with Crippen LogP contribution >= 0.6 is 11.6 Å². The molecule has 1 aromatic carbocycles. The van der Waals surface area contributed by atoms with Crippen LogP contribution in [-0.2, 0) is 11.3 Å². The second-order valence-corrected chi connectivity index (χ2v) is 6.53. The van der Waals surface area contributed by atoms with Gasteiger partial charge in [0, 0.05) is 36.7 Å². The summed E-state index contributed by atoms with van der Waals surface area (Å²) in [6.45, 7) is 2.23. The number of benzene rings is 1. The maximum absolute atomic E-state index is 6.04. The highest BCUT2D eigenvalue weighted by molar-refractivity contribution is 6.30. The van der Waals surface area contributed by atoms with Crippen LogP contribution in [-0.4, -0.2) is 51.6 Å². The Hall–Kier alpha value is -2.22. The number of likely N-dealkylation sites (tertiary alicyclic amines) is 1. The summed E-state index contributed by atoms with van der Waals surface area (Å²) in [6.07, 6.45) is 3.57. The lowest BCUT2D eigenvalue weighted by molar-refractivity contribution is 0.0949. The van der Waals surface area contributed by atoms with E-state index in [4.69, 9.17) is 20.8 Å². The molecule has 3 heterocycles. The van der Waals surface area contributed by atoms with Crippen LogP contribution in [0.5, 0.6) is 0 Å². The summed E-state index contributed by atoms with van der Waals surface area (Å²) in [4.78, 5) is 6.65. The molecule has 1 aliphatic rings. The Morgan fingerprint density at radius 2 is 2.28 bits per heavy atom. The maximum Gasteiger partial charge on any atom is 0.209 e. The van der Waals surface area contributed by atoms with Crippen molar-refractivity contribution in [3.8, 4) is 11.3 Å². The Labute approximate surface area is 150 Å². The molecule has 1 fully saturated rings. The van der Waals surface area contributed by atoms with Crippen molar-refractivity contribution in [3.63, 3.8) is 0 Å². The number of H-pyrrole nitrogens is 1. The first-order valence-electron chi connectivity index (χ1n) is 8.04. The Morgan fingerprint density at radius 1 is 1.36 bits per heavy atom. The summed E-state index contributed by atoms with van der Waals surface area (Å²) in [5, 5.41) is 11.4. The summed E-state index contributed by atoms with van der Waals surface area (Å²) in [7, 11) is 1.73. The molecule has 2 aromatic heterocycles. The third kappa shape index (κ3) is 3.44. The van der Waals surface area contributed by atoms with Crippen LogP contribution in [0, 0.1) is 0 Å². The molecule has 0 aliphatic carbocycles. The Bertz CT molecular complexity index is 835. The smallest absolute Gasteiger partial charge is 0.209 e. The zero-order valence-electron chi connectivity index (χ0n) is 13.7. The predicted octanol–water partition coefficient (Wildman–Crippen LogP) is 2.73. The van der Waals surface area contributed by atoms with Gasteiger partial charge in [0.25, 0.3) is 0 Å². The zero-order chi connectivity index (χ0) is 17.2. The SMILES string of the molecule is CO[C@@H]1CN(Cc2ncc(-c3cccc(Cl)c3)o2)C[C@H]1c1cn[nH]n1. The van der Waals surface area contributed by atoms with Gasteiger partial charge in [0.1, 0.15) is 0 Å². The van der Waals surface area contributed by atoms with E-state index in [-0.39, 0.29) is 12.0 Å². The number of nitrogens with zero attached hydrogens (tertiary/aromatic N) is 4. The van der Waals surface area contributed by atoms with E-state index in [2.05, 4.69) is 25.3 Å². The average molecular weight is 360 g/mol. The van der Waals surface area contributed by atoms with Crippen LogP contribution in [0.1, 0.15) is 17.5 Å². The molecule has 1 saturated heterocycles. The van der Waals surface area contributed by atoms with Crippen LogP contribution in [0.3, 0.4) is 0 Å². The minimum absolute atomic E-state index is 0.0764. The molecule has 0 amide bonds. The van der Waals surface area contributed by atoms with Gasteiger partial charge in [0.2, 0.25) is 5.89 Å². The van der Waals surface area contributed by atoms with E-state index in [0.717, 1.165) is 24.3 Å². The number of ether oxygens (including phenoxy) is 1. The summed E-state index contributed by atoms with van der Waals surface area (Å²) in [5.74, 6) is 1.57. The van der Waals surface area contributed by atoms with E-state index in [1.165, 1.54) is 0 Å². The second-order valence-electron chi connectivity index (χ2n) is 6.10. The van der Waals surface area contributed by atoms with E-state index >= 15 is 0 Å². The lowest BCUT2D eigenvalue weighted by atomic mass is 10.0. The third-order valence-electron chi connectivity index (χ3n) is 4.48. The van der Waals surface area contributed by atoms with Crippen LogP contribution < -0.4 is 0 Å². The Morgan fingerprint density at radius 3 is 3.04 bits per heavy atom. The second kappa shape index (κ2) is 6.95. The monoisotopic (exact) mass is 359 g/mol. The summed E-state index contributed by atoms with van der Waals surface area (Å²) in [6, 6.07) is 7.55. The molecule has 4 rings (SSSR count). The molecule has 3 aromatic rings. The largest absolute Gasteiger partial charge is 0.439 e. The number of hydrogen-bond acceptors (Lipinski definition) is 6. The number of halogens is 1. The highest BCUT2D eigenvalue weighted by Crippen LogP contribution is 2.29. The molecule has 0 bridgehead atoms. The summed E-state index contributed by atoms with van der Waals surface area (Å²) >= 11 is 6.04. The van der Waals surface area contributed by atoms with Crippen LogP contribution in [0.4, 0.5) is 0 Å². The molecule has 1 N–H and O–H groups in total. The van der Waals surface area contributed by atoms with Crippen LogP contribution in [0.2, 0.25) is 5.02 Å². The summed E-state index contributed by atoms with van der Waals surface area (Å²) < 4.78 is 11.5. The predicted molar refractivity (Wildman–Crippen MR) is 92.1 cm³/mol. The number of nitrogens with one attached hydrogen (secondary N) is 1. The average Bonchev–Trinajstić information content (AvgIpc) is 3.35. The quantitative estimate of drug-likeness (QED) is 0.754. The fourth-order valence-electron chi connectivity index (χ4n) is 3.24. The number of aromatic nitrogens is 4. The van der Waals surface area contributed by atoms with Gasteiger partial charge >= 0.3 is 0 Å². The van der Waals surface area contributed by atoms with Crippen molar-refractivity contribution in [1.82, 2.24) is 25.3 Å². The van der Waals surface area contributed by atoms with E-state index in [1.807, 2.05) is 24.3 Å². The molecule has 0 saturated carbocycles. The number of aromatic amines is 1. The van der Waals surface area contributed by atoms with Crippen molar-refractivity contribution in [2.24, 2.45) is 0 Å². The number of methoxy groups -OCH3 is 1.